The van der Waals surface area contributed by atoms with Crippen molar-refractivity contribution in [3.63, 3.8) is 0 Å². The van der Waals surface area contributed by atoms with E-state index in [-0.39, 0.29) is 26.4 Å². The van der Waals surface area contributed by atoms with Crippen LogP contribution in [0, 0.1) is 0 Å². The monoisotopic (exact) mass is 505 g/mol. The standard InChI is InChI=1S/C23H21Cl2N3O4S/c1-31-18-12-17(27-8-3-4-9-27)19(32-2)11-13(18)10-14-21(29)26-23(33)28(22(14)30)16-7-5-6-15(24)20(16)25/h5-7,10-12H,3-4,8-9H2,1-2H3,(H,26,29,33)/b14-10+. The maximum absolute atomic E-state index is 13.4. The highest BCUT2D eigenvalue weighted by molar-refractivity contribution is 7.80. The van der Waals surface area contributed by atoms with Crippen molar-refractivity contribution in [1.29, 1.82) is 0 Å². The van der Waals surface area contributed by atoms with Gasteiger partial charge in [-0.1, -0.05) is 29.3 Å². The summed E-state index contributed by atoms with van der Waals surface area (Å²) in [5.41, 5.74) is 1.57. The molecule has 1 N–H and O–H groups in total. The highest BCUT2D eigenvalue weighted by atomic mass is 35.5. The van der Waals surface area contributed by atoms with E-state index in [1.165, 1.54) is 13.2 Å². The maximum Gasteiger partial charge on any atom is 0.270 e. The Morgan fingerprint density at radius 1 is 1.03 bits per heavy atom. The van der Waals surface area contributed by atoms with Crippen LogP contribution >= 0.6 is 35.4 Å². The number of methoxy groups -OCH3 is 2. The maximum atomic E-state index is 13.4. The molecule has 4 rings (SSSR count). The number of amides is 2. The van der Waals surface area contributed by atoms with Gasteiger partial charge in [0, 0.05) is 24.7 Å². The molecule has 2 heterocycles. The lowest BCUT2D eigenvalue weighted by molar-refractivity contribution is -0.122. The molecule has 33 heavy (non-hydrogen) atoms. The van der Waals surface area contributed by atoms with E-state index in [2.05, 4.69) is 10.2 Å². The Kier molecular flexibility index (Phi) is 6.78. The van der Waals surface area contributed by atoms with Gasteiger partial charge in [0.25, 0.3) is 11.8 Å². The number of carbonyl (C=O) groups is 2. The third-order valence-electron chi connectivity index (χ3n) is 5.55. The first kappa shape index (κ1) is 23.4. The third-order valence-corrected chi connectivity index (χ3v) is 6.65. The minimum Gasteiger partial charge on any atom is -0.496 e. The van der Waals surface area contributed by atoms with E-state index in [0.29, 0.717) is 17.1 Å². The van der Waals surface area contributed by atoms with Crippen LogP contribution in [-0.2, 0) is 9.59 Å². The Bertz CT molecular complexity index is 1180. The number of rotatable bonds is 5. The molecule has 2 saturated heterocycles. The number of ether oxygens (including phenoxy) is 2. The van der Waals surface area contributed by atoms with Crippen LogP contribution in [0.15, 0.2) is 35.9 Å². The van der Waals surface area contributed by atoms with Crippen molar-refractivity contribution in [2.45, 2.75) is 12.8 Å². The van der Waals surface area contributed by atoms with Gasteiger partial charge in [-0.3, -0.25) is 19.8 Å². The minimum absolute atomic E-state index is 0.0831. The fourth-order valence-electron chi connectivity index (χ4n) is 3.92. The van der Waals surface area contributed by atoms with Gasteiger partial charge in [-0.05, 0) is 49.3 Å². The van der Waals surface area contributed by atoms with Gasteiger partial charge in [-0.25, -0.2) is 0 Å². The van der Waals surface area contributed by atoms with E-state index >= 15 is 0 Å². The first-order chi connectivity index (χ1) is 15.8. The molecule has 2 fully saturated rings. The number of anilines is 2. The summed E-state index contributed by atoms with van der Waals surface area (Å²) in [4.78, 5) is 29.5. The van der Waals surface area contributed by atoms with Crippen LogP contribution in [0.4, 0.5) is 11.4 Å². The average molecular weight is 506 g/mol. The summed E-state index contributed by atoms with van der Waals surface area (Å²) in [6.07, 6.45) is 3.67. The summed E-state index contributed by atoms with van der Waals surface area (Å²) in [5.74, 6) is -0.119. The molecular weight excluding hydrogens is 485 g/mol. The van der Waals surface area contributed by atoms with Crippen LogP contribution in [0.25, 0.3) is 6.08 Å². The summed E-state index contributed by atoms with van der Waals surface area (Å²) >= 11 is 17.7. The Labute approximate surface area is 206 Å². The Morgan fingerprint density at radius 2 is 1.73 bits per heavy atom. The predicted molar refractivity (Wildman–Crippen MR) is 134 cm³/mol. The van der Waals surface area contributed by atoms with Gasteiger partial charge in [0.05, 0.1) is 35.6 Å². The van der Waals surface area contributed by atoms with Crippen molar-refractivity contribution in [2.75, 3.05) is 37.1 Å². The molecule has 0 saturated carbocycles. The number of nitrogens with zero attached hydrogens (tertiary/aromatic N) is 2. The van der Waals surface area contributed by atoms with Crippen LogP contribution in [0.1, 0.15) is 18.4 Å². The topological polar surface area (TPSA) is 71.1 Å². The van der Waals surface area contributed by atoms with Gasteiger partial charge in [0.1, 0.15) is 17.1 Å². The summed E-state index contributed by atoms with van der Waals surface area (Å²) in [7, 11) is 3.12. The Hall–Kier alpha value is -2.81. The second-order valence-corrected chi connectivity index (χ2v) is 8.66. The highest BCUT2D eigenvalue weighted by Crippen LogP contribution is 2.39. The quantitative estimate of drug-likeness (QED) is 0.367. The highest BCUT2D eigenvalue weighted by Gasteiger charge is 2.36. The zero-order valence-electron chi connectivity index (χ0n) is 18.0. The molecule has 0 aliphatic carbocycles. The largest absolute Gasteiger partial charge is 0.496 e. The Morgan fingerprint density at radius 3 is 2.39 bits per heavy atom. The molecule has 0 bridgehead atoms. The molecule has 2 aliphatic heterocycles. The van der Waals surface area contributed by atoms with Gasteiger partial charge in [-0.2, -0.15) is 0 Å². The van der Waals surface area contributed by atoms with E-state index in [4.69, 9.17) is 44.9 Å². The van der Waals surface area contributed by atoms with Gasteiger partial charge in [0.15, 0.2) is 5.11 Å². The smallest absolute Gasteiger partial charge is 0.270 e. The molecule has 2 aliphatic rings. The van der Waals surface area contributed by atoms with Crippen molar-refractivity contribution in [3.05, 3.63) is 51.5 Å². The normalized spacial score (nSPS) is 17.6. The van der Waals surface area contributed by atoms with Crippen molar-refractivity contribution >= 4 is 69.8 Å². The van der Waals surface area contributed by atoms with Crippen LogP contribution < -0.4 is 24.6 Å². The SMILES string of the molecule is COc1cc(N2CCCC2)c(OC)cc1/C=C1\C(=O)NC(=S)N(c2cccc(Cl)c2Cl)C1=O. The van der Waals surface area contributed by atoms with Crippen molar-refractivity contribution < 1.29 is 19.1 Å². The molecule has 172 valence electrons. The van der Waals surface area contributed by atoms with E-state index in [1.807, 2.05) is 6.07 Å². The van der Waals surface area contributed by atoms with Gasteiger partial charge in [-0.15, -0.1) is 0 Å². The molecule has 0 unspecified atom stereocenters. The minimum atomic E-state index is -0.627. The number of carbonyl (C=O) groups excluding carboxylic acids is 2. The molecule has 2 aromatic carbocycles. The first-order valence-electron chi connectivity index (χ1n) is 10.2. The average Bonchev–Trinajstić information content (AvgIpc) is 3.33. The lowest BCUT2D eigenvalue weighted by atomic mass is 10.0. The van der Waals surface area contributed by atoms with Gasteiger partial charge < -0.3 is 14.4 Å². The lowest BCUT2D eigenvalue weighted by Crippen LogP contribution is -2.54. The molecule has 2 aromatic rings. The second-order valence-electron chi connectivity index (χ2n) is 7.49. The molecular formula is C23H21Cl2N3O4S. The van der Waals surface area contributed by atoms with Crippen LogP contribution in [0.5, 0.6) is 11.5 Å². The summed E-state index contributed by atoms with van der Waals surface area (Å²) in [6.45, 7) is 1.85. The van der Waals surface area contributed by atoms with Gasteiger partial charge in [0.2, 0.25) is 0 Å². The van der Waals surface area contributed by atoms with Gasteiger partial charge >= 0.3 is 0 Å². The molecule has 0 spiro atoms. The molecule has 7 nitrogen and oxygen atoms in total. The van der Waals surface area contributed by atoms with Crippen molar-refractivity contribution in [1.82, 2.24) is 5.32 Å². The molecule has 0 aromatic heterocycles. The Balaban J connectivity index is 1.78. The lowest BCUT2D eigenvalue weighted by Gasteiger charge is -2.29. The van der Waals surface area contributed by atoms with E-state index < -0.39 is 11.8 Å². The molecule has 2 amide bonds. The van der Waals surface area contributed by atoms with Crippen molar-refractivity contribution in [2.24, 2.45) is 0 Å². The number of hydrogen-bond acceptors (Lipinski definition) is 6. The van der Waals surface area contributed by atoms with E-state index in [9.17, 15) is 9.59 Å². The zero-order valence-corrected chi connectivity index (χ0v) is 20.3. The molecule has 10 heteroatoms. The molecule has 0 atom stereocenters. The summed E-state index contributed by atoms with van der Waals surface area (Å²) in [5, 5.41) is 2.87. The van der Waals surface area contributed by atoms with Crippen LogP contribution in [0.2, 0.25) is 10.0 Å². The number of thiocarbonyl (C=S) groups is 1. The zero-order chi connectivity index (χ0) is 23.7. The first-order valence-corrected chi connectivity index (χ1v) is 11.4. The summed E-state index contributed by atoms with van der Waals surface area (Å²) in [6, 6.07) is 8.45. The number of halogens is 2. The second kappa shape index (κ2) is 9.59. The number of benzene rings is 2. The fraction of sp³-hybridized carbons (Fsp3) is 0.261. The van der Waals surface area contributed by atoms with Crippen molar-refractivity contribution in [3.8, 4) is 11.5 Å². The van der Waals surface area contributed by atoms with Crippen LogP contribution in [-0.4, -0.2) is 44.2 Å². The number of hydrogen-bond donors (Lipinski definition) is 1. The van der Waals surface area contributed by atoms with E-state index in [1.54, 1.807) is 31.4 Å². The molecule has 0 radical (unpaired) electrons. The fourth-order valence-corrected chi connectivity index (χ4v) is 4.57. The predicted octanol–water partition coefficient (Wildman–Crippen LogP) is 4.44. The van der Waals surface area contributed by atoms with E-state index in [0.717, 1.165) is 36.5 Å². The van der Waals surface area contributed by atoms with Crippen LogP contribution in [0.3, 0.4) is 0 Å². The third kappa shape index (κ3) is 4.38. The number of nitrogens with one attached hydrogen (secondary N) is 1. The summed E-state index contributed by atoms with van der Waals surface area (Å²) < 4.78 is 11.2.